The summed E-state index contributed by atoms with van der Waals surface area (Å²) in [7, 11) is 0. The van der Waals surface area contributed by atoms with Crippen LogP contribution in [0.15, 0.2) is 28.2 Å². The normalized spacial score (nSPS) is 15.9. The van der Waals surface area contributed by atoms with Gasteiger partial charge in [0.1, 0.15) is 11.5 Å². The van der Waals surface area contributed by atoms with E-state index >= 15 is 0 Å². The number of aromatic nitrogens is 3. The number of carbonyl (C=O) groups excluding carboxylic acids is 1. The molecule has 4 rings (SSSR count). The molecule has 5 nitrogen and oxygen atoms in total. The summed E-state index contributed by atoms with van der Waals surface area (Å²) in [6.45, 7) is 5.69. The molecule has 1 aliphatic rings. The Morgan fingerprint density at radius 3 is 2.69 bits per heavy atom. The van der Waals surface area contributed by atoms with E-state index in [4.69, 9.17) is 4.98 Å². The number of H-pyrrole nitrogens is 1. The van der Waals surface area contributed by atoms with Gasteiger partial charge in [-0.2, -0.15) is 0 Å². The second kappa shape index (κ2) is 7.12. The number of hydrogen-bond donors (Lipinski definition) is 1. The zero-order chi connectivity index (χ0) is 18.3. The van der Waals surface area contributed by atoms with Gasteiger partial charge in [0.05, 0.1) is 11.0 Å². The summed E-state index contributed by atoms with van der Waals surface area (Å²) in [6.07, 6.45) is 1.85. The van der Waals surface area contributed by atoms with Crippen molar-refractivity contribution in [1.82, 2.24) is 19.9 Å². The second-order valence-electron chi connectivity index (χ2n) is 7.04. The molecule has 0 radical (unpaired) electrons. The van der Waals surface area contributed by atoms with Crippen molar-refractivity contribution in [3.8, 4) is 0 Å². The van der Waals surface area contributed by atoms with Crippen LogP contribution in [0.2, 0.25) is 0 Å². The highest BCUT2D eigenvalue weighted by Gasteiger charge is 2.29. The molecular formula is C19H21BrN4OS. The molecule has 0 saturated carbocycles. The van der Waals surface area contributed by atoms with Gasteiger partial charge in [-0.25, -0.2) is 9.97 Å². The van der Waals surface area contributed by atoms with Crippen LogP contribution in [0.3, 0.4) is 0 Å². The number of aromatic amines is 1. The van der Waals surface area contributed by atoms with Crippen molar-refractivity contribution >= 4 is 44.2 Å². The summed E-state index contributed by atoms with van der Waals surface area (Å²) in [5.41, 5.74) is 2.70. The van der Waals surface area contributed by atoms with Crippen molar-refractivity contribution in [2.45, 2.75) is 38.5 Å². The Morgan fingerprint density at radius 2 is 2.00 bits per heavy atom. The number of nitrogens with one attached hydrogen (secondary N) is 1. The quantitative estimate of drug-likeness (QED) is 0.638. The molecule has 0 bridgehead atoms. The number of halogens is 1. The molecule has 0 unspecified atom stereocenters. The minimum atomic E-state index is 0.0544. The smallest absolute Gasteiger partial charge is 0.273 e. The van der Waals surface area contributed by atoms with Gasteiger partial charge in [-0.15, -0.1) is 11.3 Å². The monoisotopic (exact) mass is 432 g/mol. The van der Waals surface area contributed by atoms with Crippen LogP contribution in [0, 0.1) is 0 Å². The number of rotatable bonds is 3. The first-order valence-corrected chi connectivity index (χ1v) is 10.5. The van der Waals surface area contributed by atoms with Crippen LogP contribution in [-0.2, 0) is 0 Å². The molecule has 1 fully saturated rings. The number of amides is 1. The molecule has 0 spiro atoms. The van der Waals surface area contributed by atoms with Gasteiger partial charge in [0, 0.05) is 23.9 Å². The first-order valence-electron chi connectivity index (χ1n) is 8.93. The van der Waals surface area contributed by atoms with Gasteiger partial charge in [0.2, 0.25) is 0 Å². The SMILES string of the molecule is CC(C)c1sc(Br)nc1C(=O)N1CCC(c2nc3ccccc3[nH]2)CC1. The van der Waals surface area contributed by atoms with Gasteiger partial charge in [-0.1, -0.05) is 26.0 Å². The Bertz CT molecular complexity index is 907. The van der Waals surface area contributed by atoms with Crippen LogP contribution in [0.4, 0.5) is 0 Å². The maximum atomic E-state index is 12.9. The zero-order valence-corrected chi connectivity index (χ0v) is 17.2. The molecule has 0 aliphatic carbocycles. The molecular weight excluding hydrogens is 412 g/mol. The van der Waals surface area contributed by atoms with E-state index in [-0.39, 0.29) is 5.91 Å². The van der Waals surface area contributed by atoms with E-state index in [9.17, 15) is 4.79 Å². The Morgan fingerprint density at radius 1 is 1.27 bits per heavy atom. The summed E-state index contributed by atoms with van der Waals surface area (Å²) < 4.78 is 0.779. The maximum Gasteiger partial charge on any atom is 0.273 e. The van der Waals surface area contributed by atoms with Crippen molar-refractivity contribution in [3.05, 3.63) is 44.6 Å². The number of para-hydroxylation sites is 2. The summed E-state index contributed by atoms with van der Waals surface area (Å²) in [4.78, 5) is 28.5. The van der Waals surface area contributed by atoms with E-state index < -0.39 is 0 Å². The average molecular weight is 433 g/mol. The number of piperidine rings is 1. The number of fused-ring (bicyclic) bond motifs is 1. The number of nitrogens with zero attached hydrogens (tertiary/aromatic N) is 3. The van der Waals surface area contributed by atoms with Crippen LogP contribution in [-0.4, -0.2) is 38.8 Å². The number of thiazole rings is 1. The molecule has 7 heteroatoms. The molecule has 0 atom stereocenters. The maximum absolute atomic E-state index is 12.9. The van der Waals surface area contributed by atoms with Crippen LogP contribution >= 0.6 is 27.3 Å². The van der Waals surface area contributed by atoms with Gasteiger partial charge in [-0.3, -0.25) is 4.79 Å². The third-order valence-corrected chi connectivity index (χ3v) is 6.74. The zero-order valence-electron chi connectivity index (χ0n) is 14.8. The number of imidazole rings is 1. The molecule has 1 saturated heterocycles. The fraction of sp³-hybridized carbons (Fsp3) is 0.421. The largest absolute Gasteiger partial charge is 0.342 e. The van der Waals surface area contributed by atoms with Crippen molar-refractivity contribution in [2.75, 3.05) is 13.1 Å². The lowest BCUT2D eigenvalue weighted by Crippen LogP contribution is -2.38. The van der Waals surface area contributed by atoms with Gasteiger partial charge < -0.3 is 9.88 Å². The average Bonchev–Trinajstić information content (AvgIpc) is 3.25. The van der Waals surface area contributed by atoms with Crippen LogP contribution in [0.25, 0.3) is 11.0 Å². The standard InChI is InChI=1S/C19H21BrN4OS/c1-11(2)16-15(23-19(20)26-16)18(25)24-9-7-12(8-10-24)17-21-13-5-3-4-6-14(13)22-17/h3-6,11-12H,7-10H2,1-2H3,(H,21,22). The predicted molar refractivity (Wildman–Crippen MR) is 108 cm³/mol. The minimum Gasteiger partial charge on any atom is -0.342 e. The van der Waals surface area contributed by atoms with Crippen molar-refractivity contribution < 1.29 is 4.79 Å². The number of benzene rings is 1. The highest BCUT2D eigenvalue weighted by molar-refractivity contribution is 9.11. The third kappa shape index (κ3) is 3.30. The van der Waals surface area contributed by atoms with Crippen LogP contribution in [0.5, 0.6) is 0 Å². The molecule has 1 aliphatic heterocycles. The van der Waals surface area contributed by atoms with Crippen molar-refractivity contribution in [1.29, 1.82) is 0 Å². The van der Waals surface area contributed by atoms with E-state index in [1.165, 1.54) is 0 Å². The fourth-order valence-corrected chi connectivity index (χ4v) is 5.01. The van der Waals surface area contributed by atoms with Gasteiger partial charge >= 0.3 is 0 Å². The lowest BCUT2D eigenvalue weighted by Gasteiger charge is -2.31. The predicted octanol–water partition coefficient (Wildman–Crippen LogP) is 4.93. The molecule has 1 aromatic carbocycles. The highest BCUT2D eigenvalue weighted by atomic mass is 79.9. The van der Waals surface area contributed by atoms with Crippen molar-refractivity contribution in [3.63, 3.8) is 0 Å². The Balaban J connectivity index is 1.47. The van der Waals surface area contributed by atoms with E-state index in [1.54, 1.807) is 11.3 Å². The minimum absolute atomic E-state index is 0.0544. The second-order valence-corrected chi connectivity index (χ2v) is 9.35. The number of carbonyl (C=O) groups is 1. The molecule has 2 aromatic heterocycles. The molecule has 26 heavy (non-hydrogen) atoms. The van der Waals surface area contributed by atoms with Gasteiger partial charge in [0.25, 0.3) is 5.91 Å². The lowest BCUT2D eigenvalue weighted by molar-refractivity contribution is 0.0704. The fourth-order valence-electron chi connectivity index (χ4n) is 3.52. The molecule has 1 N–H and O–H groups in total. The van der Waals surface area contributed by atoms with Gasteiger partial charge in [-0.05, 0) is 46.8 Å². The first kappa shape index (κ1) is 17.7. The number of hydrogen-bond acceptors (Lipinski definition) is 4. The molecule has 3 aromatic rings. The highest BCUT2D eigenvalue weighted by Crippen LogP contribution is 2.32. The first-order chi connectivity index (χ1) is 12.5. The molecule has 1 amide bonds. The molecule has 3 heterocycles. The number of likely N-dealkylation sites (tertiary alicyclic amines) is 1. The Labute approximate surface area is 165 Å². The van der Waals surface area contributed by atoms with E-state index in [0.717, 1.165) is 51.6 Å². The Kier molecular flexibility index (Phi) is 4.84. The Hall–Kier alpha value is -1.73. The summed E-state index contributed by atoms with van der Waals surface area (Å²) >= 11 is 4.98. The van der Waals surface area contributed by atoms with E-state index in [2.05, 4.69) is 45.8 Å². The van der Waals surface area contributed by atoms with E-state index in [0.29, 0.717) is 17.5 Å². The summed E-state index contributed by atoms with van der Waals surface area (Å²) in [6, 6.07) is 8.11. The lowest BCUT2D eigenvalue weighted by atomic mass is 9.96. The summed E-state index contributed by atoms with van der Waals surface area (Å²) in [5.74, 6) is 1.76. The van der Waals surface area contributed by atoms with Gasteiger partial charge in [0.15, 0.2) is 3.92 Å². The van der Waals surface area contributed by atoms with Crippen LogP contribution in [0.1, 0.15) is 59.7 Å². The van der Waals surface area contributed by atoms with E-state index in [1.807, 2.05) is 23.1 Å². The summed E-state index contributed by atoms with van der Waals surface area (Å²) in [5, 5.41) is 0. The van der Waals surface area contributed by atoms with Crippen LogP contribution < -0.4 is 0 Å². The third-order valence-electron chi connectivity index (χ3n) is 4.93. The topological polar surface area (TPSA) is 61.9 Å². The van der Waals surface area contributed by atoms with Crippen molar-refractivity contribution in [2.24, 2.45) is 0 Å². The molecule has 136 valence electrons.